The van der Waals surface area contributed by atoms with Gasteiger partial charge in [-0.25, -0.2) is 15.4 Å². The van der Waals surface area contributed by atoms with Crippen LogP contribution in [-0.4, -0.2) is 45.6 Å². The lowest BCUT2D eigenvalue weighted by molar-refractivity contribution is 0.0705. The van der Waals surface area contributed by atoms with Gasteiger partial charge in [-0.2, -0.15) is 0 Å². The average molecular weight is 474 g/mol. The molecule has 1 aliphatic rings. The molecule has 3 aromatic rings. The number of carbonyl (C=O) groups excluding carboxylic acids is 1. The molecule has 0 aliphatic carbocycles. The van der Waals surface area contributed by atoms with Crippen molar-refractivity contribution in [1.29, 1.82) is 0 Å². The van der Waals surface area contributed by atoms with Crippen molar-refractivity contribution in [2.24, 2.45) is 5.92 Å². The smallest absolute Gasteiger partial charge is 0.277 e. The minimum atomic E-state index is -0.628. The van der Waals surface area contributed by atoms with Crippen molar-refractivity contribution >= 4 is 11.9 Å². The Kier molecular flexibility index (Phi) is 8.10. The van der Waals surface area contributed by atoms with Crippen LogP contribution in [0.4, 0.5) is 5.95 Å². The fourth-order valence-electron chi connectivity index (χ4n) is 5.07. The summed E-state index contributed by atoms with van der Waals surface area (Å²) in [6.07, 6.45) is 5.85. The highest BCUT2D eigenvalue weighted by Crippen LogP contribution is 2.37. The Morgan fingerprint density at radius 1 is 1.00 bits per heavy atom. The van der Waals surface area contributed by atoms with Crippen LogP contribution in [0.25, 0.3) is 0 Å². The highest BCUT2D eigenvalue weighted by Gasteiger charge is 2.37. The van der Waals surface area contributed by atoms with Gasteiger partial charge in [-0.15, -0.1) is 0 Å². The van der Waals surface area contributed by atoms with E-state index >= 15 is 0 Å². The molecule has 1 fully saturated rings. The van der Waals surface area contributed by atoms with E-state index in [1.54, 1.807) is 5.48 Å². The maximum absolute atomic E-state index is 11.6. The van der Waals surface area contributed by atoms with Crippen LogP contribution in [0.5, 0.6) is 0 Å². The van der Waals surface area contributed by atoms with Gasteiger partial charge in [0.15, 0.2) is 0 Å². The fourth-order valence-corrected chi connectivity index (χ4v) is 5.07. The monoisotopic (exact) mass is 473 g/mol. The minimum absolute atomic E-state index is 0.207. The summed E-state index contributed by atoms with van der Waals surface area (Å²) in [6, 6.07) is 21.3. The molecule has 0 bridgehead atoms. The number of nitrogens with zero attached hydrogens (tertiary/aromatic N) is 3. The van der Waals surface area contributed by atoms with Gasteiger partial charge in [-0.1, -0.05) is 74.5 Å². The molecule has 1 unspecified atom stereocenters. The van der Waals surface area contributed by atoms with Crippen LogP contribution in [-0.2, 0) is 5.54 Å². The first-order chi connectivity index (χ1) is 17.0. The van der Waals surface area contributed by atoms with Crippen LogP contribution in [0.15, 0.2) is 73.1 Å². The van der Waals surface area contributed by atoms with Gasteiger partial charge >= 0.3 is 0 Å². The van der Waals surface area contributed by atoms with Gasteiger partial charge in [0, 0.05) is 32.0 Å². The van der Waals surface area contributed by atoms with E-state index in [2.05, 4.69) is 88.6 Å². The van der Waals surface area contributed by atoms with Crippen molar-refractivity contribution in [2.75, 3.05) is 25.0 Å². The third-order valence-electron chi connectivity index (χ3n) is 6.91. The Hall–Kier alpha value is -3.29. The molecule has 1 saturated heterocycles. The molecule has 0 radical (unpaired) electrons. The molecule has 184 valence electrons. The van der Waals surface area contributed by atoms with Crippen LogP contribution in [0, 0.1) is 5.92 Å². The van der Waals surface area contributed by atoms with Crippen molar-refractivity contribution in [3.8, 4) is 0 Å². The molecule has 2 aromatic carbocycles. The van der Waals surface area contributed by atoms with Crippen molar-refractivity contribution in [3.63, 3.8) is 0 Å². The third kappa shape index (κ3) is 6.24. The summed E-state index contributed by atoms with van der Waals surface area (Å²) in [5.74, 6) is 1.00. The summed E-state index contributed by atoms with van der Waals surface area (Å²) in [7, 11) is 0. The number of hydroxylamine groups is 1. The van der Waals surface area contributed by atoms with Gasteiger partial charge in [0.1, 0.15) is 0 Å². The number of hydrogen-bond acceptors (Lipinski definition) is 6. The lowest BCUT2D eigenvalue weighted by atomic mass is 9.80. The minimum Gasteiger partial charge on any atom is -0.345 e. The number of carbonyl (C=O) groups is 1. The van der Waals surface area contributed by atoms with E-state index in [1.807, 2.05) is 6.07 Å². The molecule has 1 aromatic heterocycles. The first kappa shape index (κ1) is 24.8. The largest absolute Gasteiger partial charge is 0.345 e. The number of benzene rings is 2. The van der Waals surface area contributed by atoms with Crippen LogP contribution in [0.1, 0.15) is 60.5 Å². The van der Waals surface area contributed by atoms with Gasteiger partial charge in [0.25, 0.3) is 5.91 Å². The van der Waals surface area contributed by atoms with Crippen molar-refractivity contribution in [3.05, 3.63) is 89.7 Å². The summed E-state index contributed by atoms with van der Waals surface area (Å²) >= 11 is 0. The topological polar surface area (TPSA) is 90.4 Å². The summed E-state index contributed by atoms with van der Waals surface area (Å²) in [4.78, 5) is 22.9. The molecule has 35 heavy (non-hydrogen) atoms. The molecule has 4 rings (SSSR count). The summed E-state index contributed by atoms with van der Waals surface area (Å²) in [5, 5.41) is 12.4. The second-order valence-electron chi connectivity index (χ2n) is 9.85. The maximum atomic E-state index is 11.6. The zero-order valence-corrected chi connectivity index (χ0v) is 20.5. The number of nitrogens with one attached hydrogen (secondary N) is 2. The number of rotatable bonds is 9. The van der Waals surface area contributed by atoms with Gasteiger partial charge in [-0.3, -0.25) is 10.0 Å². The van der Waals surface area contributed by atoms with Gasteiger partial charge < -0.3 is 10.2 Å². The fraction of sp³-hybridized carbons (Fsp3) is 0.393. The molecule has 1 aliphatic heterocycles. The van der Waals surface area contributed by atoms with E-state index in [4.69, 9.17) is 5.21 Å². The highest BCUT2D eigenvalue weighted by molar-refractivity contribution is 5.92. The van der Waals surface area contributed by atoms with E-state index in [1.165, 1.54) is 29.9 Å². The summed E-state index contributed by atoms with van der Waals surface area (Å²) in [5.41, 5.74) is 4.16. The van der Waals surface area contributed by atoms with Gasteiger partial charge in [0.05, 0.1) is 11.1 Å². The Balaban J connectivity index is 1.50. The first-order valence-electron chi connectivity index (χ1n) is 12.4. The number of amides is 1. The normalized spacial score (nSPS) is 16.6. The quantitative estimate of drug-likeness (QED) is 0.305. The van der Waals surface area contributed by atoms with E-state index < -0.39 is 5.91 Å². The van der Waals surface area contributed by atoms with E-state index in [0.29, 0.717) is 17.8 Å². The molecule has 0 spiro atoms. The third-order valence-corrected chi connectivity index (χ3v) is 6.91. The second-order valence-corrected chi connectivity index (χ2v) is 9.85. The van der Waals surface area contributed by atoms with E-state index in [-0.39, 0.29) is 11.1 Å². The average Bonchev–Trinajstić information content (AvgIpc) is 2.90. The van der Waals surface area contributed by atoms with Crippen LogP contribution < -0.4 is 10.8 Å². The molecule has 7 heteroatoms. The number of aromatic nitrogens is 2. The molecule has 3 N–H and O–H groups in total. The van der Waals surface area contributed by atoms with Crippen LogP contribution in [0.2, 0.25) is 0 Å². The predicted molar refractivity (Wildman–Crippen MR) is 137 cm³/mol. The Morgan fingerprint density at radius 2 is 1.60 bits per heavy atom. The molecular weight excluding hydrogens is 438 g/mol. The van der Waals surface area contributed by atoms with E-state index in [0.717, 1.165) is 32.5 Å². The van der Waals surface area contributed by atoms with Crippen molar-refractivity contribution in [2.45, 2.75) is 44.6 Å². The lowest BCUT2D eigenvalue weighted by Crippen LogP contribution is -2.48. The molecular formula is C28H35N5O2. The van der Waals surface area contributed by atoms with Gasteiger partial charge in [0.2, 0.25) is 5.95 Å². The number of hydrogen-bond donors (Lipinski definition) is 3. The Bertz CT molecular complexity index is 1070. The highest BCUT2D eigenvalue weighted by atomic mass is 16.5. The second kappa shape index (κ2) is 11.4. The molecule has 0 saturated carbocycles. The van der Waals surface area contributed by atoms with Crippen molar-refractivity contribution in [1.82, 2.24) is 20.3 Å². The number of piperidine rings is 1. The Morgan fingerprint density at radius 3 is 2.17 bits per heavy atom. The SMILES string of the molecule is CC(C)CC(CN1CCC(Nc2ncc(C(=O)NO)cn2)(c2ccccc2)CC1)c1ccccc1. The standard InChI is InChI=1S/C28H35N5O2/c1-21(2)17-23(22-9-5-3-6-10-22)20-33-15-13-28(14-16-33,25-11-7-4-8-12-25)31-27-29-18-24(19-30-27)26(34)32-35/h3-12,18-19,21,23,35H,13-17,20H2,1-2H3,(H,32,34)(H,29,30,31). The van der Waals surface area contributed by atoms with Crippen molar-refractivity contribution < 1.29 is 10.0 Å². The molecule has 1 amide bonds. The van der Waals surface area contributed by atoms with Gasteiger partial charge in [-0.05, 0) is 42.2 Å². The first-order valence-corrected chi connectivity index (χ1v) is 12.4. The number of likely N-dealkylation sites (tertiary alicyclic amines) is 1. The number of anilines is 1. The van der Waals surface area contributed by atoms with Crippen LogP contribution in [0.3, 0.4) is 0 Å². The van der Waals surface area contributed by atoms with Crippen LogP contribution >= 0.6 is 0 Å². The predicted octanol–water partition coefficient (Wildman–Crippen LogP) is 4.83. The molecule has 7 nitrogen and oxygen atoms in total. The maximum Gasteiger partial charge on any atom is 0.277 e. The Labute approximate surface area is 207 Å². The summed E-state index contributed by atoms with van der Waals surface area (Å²) < 4.78 is 0. The molecule has 1 atom stereocenters. The zero-order valence-electron chi connectivity index (χ0n) is 20.5. The lowest BCUT2D eigenvalue weighted by Gasteiger charge is -2.43. The van der Waals surface area contributed by atoms with E-state index in [9.17, 15) is 4.79 Å². The molecule has 2 heterocycles. The zero-order chi connectivity index (χ0) is 24.7. The summed E-state index contributed by atoms with van der Waals surface area (Å²) in [6.45, 7) is 7.58.